The van der Waals surface area contributed by atoms with Crippen molar-refractivity contribution in [1.29, 1.82) is 0 Å². The van der Waals surface area contributed by atoms with Crippen LogP contribution in [0.1, 0.15) is 60.3 Å². The minimum atomic E-state index is -0.0796. The van der Waals surface area contributed by atoms with Gasteiger partial charge in [-0.2, -0.15) is 0 Å². The smallest absolute Gasteiger partial charge is 0.0581 e. The van der Waals surface area contributed by atoms with E-state index in [9.17, 15) is 5.11 Å². The third-order valence-corrected chi connectivity index (χ3v) is 4.68. The molecule has 2 heteroatoms. The predicted octanol–water partition coefficient (Wildman–Crippen LogP) is 3.54. The molecule has 1 saturated carbocycles. The first-order valence-corrected chi connectivity index (χ1v) is 7.78. The van der Waals surface area contributed by atoms with Crippen molar-refractivity contribution < 1.29 is 5.11 Å². The summed E-state index contributed by atoms with van der Waals surface area (Å²) in [6.07, 6.45) is 4.49. The maximum Gasteiger partial charge on any atom is 0.0581 e. The lowest BCUT2D eigenvalue weighted by Crippen LogP contribution is -2.42. The highest BCUT2D eigenvalue weighted by Gasteiger charge is 2.34. The van der Waals surface area contributed by atoms with Gasteiger partial charge < -0.3 is 10.0 Å². The van der Waals surface area contributed by atoms with E-state index in [0.29, 0.717) is 11.3 Å². The van der Waals surface area contributed by atoms with Crippen molar-refractivity contribution in [3.8, 4) is 0 Å². The molecule has 108 valence electrons. The molecule has 0 aromatic heterocycles. The molecule has 0 saturated heterocycles. The maximum atomic E-state index is 10.2. The molecule has 1 fully saturated rings. The standard InChI is InChI=1S/C16H33NO/c1-6-13(3)11-17(7-2)12-14-10-16(4,5)9-8-15(14)18/h13-15,18H,6-12H2,1-5H3. The molecule has 0 aromatic rings. The fourth-order valence-electron chi connectivity index (χ4n) is 3.14. The van der Waals surface area contributed by atoms with Crippen LogP contribution in [0, 0.1) is 17.3 Å². The van der Waals surface area contributed by atoms with Crippen LogP contribution in [-0.2, 0) is 0 Å². The normalized spacial score (nSPS) is 29.5. The van der Waals surface area contributed by atoms with Crippen LogP contribution in [0.4, 0.5) is 0 Å². The Balaban J connectivity index is 2.51. The molecule has 0 radical (unpaired) electrons. The summed E-state index contributed by atoms with van der Waals surface area (Å²) in [6, 6.07) is 0. The number of hydrogen-bond acceptors (Lipinski definition) is 2. The number of aliphatic hydroxyl groups excluding tert-OH is 1. The van der Waals surface area contributed by atoms with E-state index < -0.39 is 0 Å². The van der Waals surface area contributed by atoms with Crippen molar-refractivity contribution in [1.82, 2.24) is 4.90 Å². The second-order valence-electron chi connectivity index (χ2n) is 7.10. The van der Waals surface area contributed by atoms with Crippen LogP contribution in [0.3, 0.4) is 0 Å². The molecule has 0 amide bonds. The van der Waals surface area contributed by atoms with Crippen LogP contribution in [0.25, 0.3) is 0 Å². The summed E-state index contributed by atoms with van der Waals surface area (Å²) in [6.45, 7) is 14.9. The Labute approximate surface area is 114 Å². The minimum Gasteiger partial charge on any atom is -0.393 e. The molecule has 0 aliphatic heterocycles. The first kappa shape index (κ1) is 16.0. The highest BCUT2D eigenvalue weighted by atomic mass is 16.3. The van der Waals surface area contributed by atoms with Crippen molar-refractivity contribution in [2.45, 2.75) is 66.4 Å². The van der Waals surface area contributed by atoms with Crippen LogP contribution < -0.4 is 0 Å². The van der Waals surface area contributed by atoms with Gasteiger partial charge in [-0.05, 0) is 43.1 Å². The van der Waals surface area contributed by atoms with E-state index in [1.807, 2.05) is 0 Å². The van der Waals surface area contributed by atoms with Crippen molar-refractivity contribution >= 4 is 0 Å². The van der Waals surface area contributed by atoms with Crippen molar-refractivity contribution in [2.75, 3.05) is 19.6 Å². The Hall–Kier alpha value is -0.0800. The van der Waals surface area contributed by atoms with Crippen molar-refractivity contribution in [3.05, 3.63) is 0 Å². The highest BCUT2D eigenvalue weighted by molar-refractivity contribution is 4.86. The molecular weight excluding hydrogens is 222 g/mol. The van der Waals surface area contributed by atoms with Crippen LogP contribution in [0.15, 0.2) is 0 Å². The average molecular weight is 255 g/mol. The summed E-state index contributed by atoms with van der Waals surface area (Å²) in [5, 5.41) is 10.2. The zero-order chi connectivity index (χ0) is 13.8. The molecule has 3 atom stereocenters. The summed E-state index contributed by atoms with van der Waals surface area (Å²) >= 11 is 0. The number of nitrogens with zero attached hydrogens (tertiary/aromatic N) is 1. The van der Waals surface area contributed by atoms with Crippen molar-refractivity contribution in [3.63, 3.8) is 0 Å². The summed E-state index contributed by atoms with van der Waals surface area (Å²) in [4.78, 5) is 2.53. The second-order valence-corrected chi connectivity index (χ2v) is 7.10. The number of rotatable bonds is 6. The number of hydrogen-bond donors (Lipinski definition) is 1. The molecule has 3 unspecified atom stereocenters. The zero-order valence-electron chi connectivity index (χ0n) is 13.1. The monoisotopic (exact) mass is 255 g/mol. The molecule has 0 aromatic carbocycles. The molecular formula is C16H33NO. The molecule has 18 heavy (non-hydrogen) atoms. The van der Waals surface area contributed by atoms with E-state index in [1.54, 1.807) is 0 Å². The fraction of sp³-hybridized carbons (Fsp3) is 1.00. The maximum absolute atomic E-state index is 10.2. The lowest BCUT2D eigenvalue weighted by atomic mass is 9.70. The van der Waals surface area contributed by atoms with E-state index in [0.717, 1.165) is 25.4 Å². The third kappa shape index (κ3) is 4.89. The second kappa shape index (κ2) is 6.91. The summed E-state index contributed by atoms with van der Waals surface area (Å²) in [7, 11) is 0. The van der Waals surface area contributed by atoms with Gasteiger partial charge in [0.15, 0.2) is 0 Å². The molecule has 1 aliphatic rings. The molecule has 2 nitrogen and oxygen atoms in total. The Kier molecular flexibility index (Phi) is 6.13. The summed E-state index contributed by atoms with van der Waals surface area (Å²) in [5.41, 5.74) is 0.416. The summed E-state index contributed by atoms with van der Waals surface area (Å²) in [5.74, 6) is 1.23. The van der Waals surface area contributed by atoms with Gasteiger partial charge in [-0.1, -0.05) is 41.0 Å². The van der Waals surface area contributed by atoms with Gasteiger partial charge in [-0.3, -0.25) is 0 Å². The van der Waals surface area contributed by atoms with Gasteiger partial charge in [-0.15, -0.1) is 0 Å². The molecule has 1 N–H and O–H groups in total. The van der Waals surface area contributed by atoms with E-state index in [-0.39, 0.29) is 6.10 Å². The van der Waals surface area contributed by atoms with Crippen LogP contribution in [0.5, 0.6) is 0 Å². The first-order chi connectivity index (χ1) is 8.38. The largest absolute Gasteiger partial charge is 0.393 e. The van der Waals surface area contributed by atoms with Gasteiger partial charge >= 0.3 is 0 Å². The summed E-state index contributed by atoms with van der Waals surface area (Å²) < 4.78 is 0. The molecule has 0 spiro atoms. The average Bonchev–Trinajstić information content (AvgIpc) is 2.32. The van der Waals surface area contributed by atoms with E-state index in [4.69, 9.17) is 0 Å². The Morgan fingerprint density at radius 2 is 2.00 bits per heavy atom. The third-order valence-electron chi connectivity index (χ3n) is 4.68. The minimum absolute atomic E-state index is 0.0796. The predicted molar refractivity (Wildman–Crippen MR) is 78.7 cm³/mol. The Morgan fingerprint density at radius 3 is 2.56 bits per heavy atom. The lowest BCUT2D eigenvalue weighted by Gasteiger charge is -2.41. The van der Waals surface area contributed by atoms with Gasteiger partial charge in [0.05, 0.1) is 6.10 Å². The Morgan fingerprint density at radius 1 is 1.33 bits per heavy atom. The first-order valence-electron chi connectivity index (χ1n) is 7.78. The van der Waals surface area contributed by atoms with E-state index in [1.165, 1.54) is 25.8 Å². The van der Waals surface area contributed by atoms with Gasteiger partial charge in [0.25, 0.3) is 0 Å². The highest BCUT2D eigenvalue weighted by Crippen LogP contribution is 2.39. The van der Waals surface area contributed by atoms with Crippen LogP contribution in [0.2, 0.25) is 0 Å². The van der Waals surface area contributed by atoms with Crippen LogP contribution >= 0.6 is 0 Å². The Bertz CT molecular complexity index is 239. The molecule has 1 rings (SSSR count). The zero-order valence-corrected chi connectivity index (χ0v) is 13.1. The number of aliphatic hydroxyl groups is 1. The molecule has 1 aliphatic carbocycles. The van der Waals surface area contributed by atoms with Gasteiger partial charge in [0.2, 0.25) is 0 Å². The van der Waals surface area contributed by atoms with Crippen LogP contribution in [-0.4, -0.2) is 35.7 Å². The van der Waals surface area contributed by atoms with Gasteiger partial charge in [-0.25, -0.2) is 0 Å². The topological polar surface area (TPSA) is 23.5 Å². The lowest BCUT2D eigenvalue weighted by molar-refractivity contribution is 0.00309. The van der Waals surface area contributed by atoms with Gasteiger partial charge in [0, 0.05) is 13.1 Å². The fourth-order valence-corrected chi connectivity index (χ4v) is 3.14. The van der Waals surface area contributed by atoms with Gasteiger partial charge in [0.1, 0.15) is 0 Å². The van der Waals surface area contributed by atoms with Crippen molar-refractivity contribution in [2.24, 2.45) is 17.3 Å². The van der Waals surface area contributed by atoms with E-state index >= 15 is 0 Å². The van der Waals surface area contributed by atoms with E-state index in [2.05, 4.69) is 39.5 Å². The molecule has 0 bridgehead atoms. The molecule has 0 heterocycles. The quantitative estimate of drug-likeness (QED) is 0.784. The SMILES string of the molecule is CCC(C)CN(CC)CC1CC(C)(C)CCC1O.